The second-order valence-corrected chi connectivity index (χ2v) is 4.33. The standard InChI is InChI=1S/C11H12Cl2O/c1-14-10-4-2-3-9(13)11(10)8-5-7(8)6-12/h2-4,7-8H,5-6H2,1H3. The van der Waals surface area contributed by atoms with E-state index in [2.05, 4.69) is 0 Å². The summed E-state index contributed by atoms with van der Waals surface area (Å²) < 4.78 is 5.29. The fraction of sp³-hybridized carbons (Fsp3) is 0.455. The number of ether oxygens (including phenoxy) is 1. The zero-order valence-corrected chi connectivity index (χ0v) is 9.48. The molecule has 1 nitrogen and oxygen atoms in total. The summed E-state index contributed by atoms with van der Waals surface area (Å²) in [5, 5.41) is 0.793. The van der Waals surface area contributed by atoms with Gasteiger partial charge in [-0.15, -0.1) is 11.6 Å². The monoisotopic (exact) mass is 230 g/mol. The second kappa shape index (κ2) is 4.00. The van der Waals surface area contributed by atoms with Gasteiger partial charge in [-0.05, 0) is 30.4 Å². The molecule has 2 atom stereocenters. The quantitative estimate of drug-likeness (QED) is 0.721. The van der Waals surface area contributed by atoms with Crippen molar-refractivity contribution >= 4 is 23.2 Å². The summed E-state index contributed by atoms with van der Waals surface area (Å²) in [4.78, 5) is 0. The van der Waals surface area contributed by atoms with Crippen LogP contribution in [-0.4, -0.2) is 13.0 Å². The molecule has 0 spiro atoms. The molecule has 1 aliphatic rings. The molecule has 1 aliphatic carbocycles. The number of halogens is 2. The van der Waals surface area contributed by atoms with Crippen molar-refractivity contribution in [1.82, 2.24) is 0 Å². The Bertz CT molecular complexity index is 338. The van der Waals surface area contributed by atoms with Crippen molar-refractivity contribution in [2.75, 3.05) is 13.0 Å². The summed E-state index contributed by atoms with van der Waals surface area (Å²) in [6.07, 6.45) is 1.13. The predicted octanol–water partition coefficient (Wildman–Crippen LogP) is 3.69. The number of rotatable bonds is 3. The zero-order valence-electron chi connectivity index (χ0n) is 7.97. The van der Waals surface area contributed by atoms with E-state index in [-0.39, 0.29) is 0 Å². The summed E-state index contributed by atoms with van der Waals surface area (Å²) >= 11 is 11.9. The second-order valence-electron chi connectivity index (χ2n) is 3.61. The van der Waals surface area contributed by atoms with E-state index in [1.807, 2.05) is 18.2 Å². The molecule has 2 rings (SSSR count). The first kappa shape index (κ1) is 10.1. The minimum atomic E-state index is 0.496. The first-order valence-corrected chi connectivity index (χ1v) is 5.57. The van der Waals surface area contributed by atoms with E-state index < -0.39 is 0 Å². The van der Waals surface area contributed by atoms with Crippen LogP contribution in [0.2, 0.25) is 5.02 Å². The van der Waals surface area contributed by atoms with Crippen LogP contribution in [-0.2, 0) is 0 Å². The van der Waals surface area contributed by atoms with Crippen LogP contribution in [0.15, 0.2) is 18.2 Å². The van der Waals surface area contributed by atoms with Crippen LogP contribution in [0.5, 0.6) is 5.75 Å². The van der Waals surface area contributed by atoms with Gasteiger partial charge >= 0.3 is 0 Å². The minimum Gasteiger partial charge on any atom is -0.496 e. The van der Waals surface area contributed by atoms with Gasteiger partial charge in [0.05, 0.1) is 7.11 Å². The molecule has 1 aromatic rings. The third kappa shape index (κ3) is 1.71. The van der Waals surface area contributed by atoms with Gasteiger partial charge < -0.3 is 4.74 Å². The van der Waals surface area contributed by atoms with Crippen molar-refractivity contribution in [2.45, 2.75) is 12.3 Å². The first-order chi connectivity index (χ1) is 6.77. The van der Waals surface area contributed by atoms with Crippen LogP contribution < -0.4 is 4.74 Å². The van der Waals surface area contributed by atoms with Crippen molar-refractivity contribution in [2.24, 2.45) is 5.92 Å². The van der Waals surface area contributed by atoms with E-state index in [9.17, 15) is 0 Å². The van der Waals surface area contributed by atoms with Gasteiger partial charge in [-0.3, -0.25) is 0 Å². The molecule has 2 unspecified atom stereocenters. The van der Waals surface area contributed by atoms with Gasteiger partial charge in [0, 0.05) is 16.5 Å². The third-order valence-electron chi connectivity index (χ3n) is 2.72. The predicted molar refractivity (Wildman–Crippen MR) is 59.6 cm³/mol. The summed E-state index contributed by atoms with van der Waals surface area (Å²) in [7, 11) is 1.67. The molecule has 0 saturated heterocycles. The van der Waals surface area contributed by atoms with Crippen LogP contribution in [0.25, 0.3) is 0 Å². The topological polar surface area (TPSA) is 9.23 Å². The molecule has 3 heteroatoms. The van der Waals surface area contributed by atoms with Crippen molar-refractivity contribution in [3.05, 3.63) is 28.8 Å². The van der Waals surface area contributed by atoms with E-state index in [1.165, 1.54) is 0 Å². The molecule has 0 bridgehead atoms. The van der Waals surface area contributed by atoms with E-state index in [1.54, 1.807) is 7.11 Å². The highest BCUT2D eigenvalue weighted by atomic mass is 35.5. The first-order valence-electron chi connectivity index (χ1n) is 4.66. The number of methoxy groups -OCH3 is 1. The van der Waals surface area contributed by atoms with Crippen molar-refractivity contribution in [3.8, 4) is 5.75 Å². The fourth-order valence-electron chi connectivity index (χ4n) is 1.83. The van der Waals surface area contributed by atoms with Crippen LogP contribution in [0.1, 0.15) is 17.9 Å². The van der Waals surface area contributed by atoms with E-state index in [0.717, 1.165) is 22.8 Å². The molecular formula is C11H12Cl2O. The van der Waals surface area contributed by atoms with Gasteiger partial charge in [-0.2, -0.15) is 0 Å². The normalized spacial score (nSPS) is 24.8. The maximum atomic E-state index is 6.14. The number of hydrogen-bond donors (Lipinski definition) is 0. The highest BCUT2D eigenvalue weighted by Crippen LogP contribution is 2.52. The van der Waals surface area contributed by atoms with Crippen LogP contribution >= 0.6 is 23.2 Å². The Morgan fingerprint density at radius 1 is 1.50 bits per heavy atom. The maximum absolute atomic E-state index is 6.14. The Labute approximate surface area is 94.0 Å². The molecular weight excluding hydrogens is 219 g/mol. The lowest BCUT2D eigenvalue weighted by molar-refractivity contribution is 0.409. The van der Waals surface area contributed by atoms with Crippen LogP contribution in [0, 0.1) is 5.92 Å². The third-order valence-corrected chi connectivity index (χ3v) is 3.45. The van der Waals surface area contributed by atoms with E-state index in [0.29, 0.717) is 17.7 Å². The number of benzene rings is 1. The van der Waals surface area contributed by atoms with Crippen molar-refractivity contribution in [3.63, 3.8) is 0 Å². The molecule has 0 aromatic heterocycles. The largest absolute Gasteiger partial charge is 0.496 e. The molecule has 0 aliphatic heterocycles. The lowest BCUT2D eigenvalue weighted by atomic mass is 10.1. The van der Waals surface area contributed by atoms with E-state index in [4.69, 9.17) is 27.9 Å². The Hall–Kier alpha value is -0.400. The van der Waals surface area contributed by atoms with Gasteiger partial charge in [0.2, 0.25) is 0 Å². The lowest BCUT2D eigenvalue weighted by Gasteiger charge is -2.09. The molecule has 14 heavy (non-hydrogen) atoms. The minimum absolute atomic E-state index is 0.496. The van der Waals surface area contributed by atoms with Crippen LogP contribution in [0.3, 0.4) is 0 Å². The number of alkyl halides is 1. The lowest BCUT2D eigenvalue weighted by Crippen LogP contribution is -1.93. The zero-order chi connectivity index (χ0) is 10.1. The smallest absolute Gasteiger partial charge is 0.123 e. The van der Waals surface area contributed by atoms with Crippen LogP contribution in [0.4, 0.5) is 0 Å². The summed E-state index contributed by atoms with van der Waals surface area (Å²) in [6.45, 7) is 0. The number of hydrogen-bond acceptors (Lipinski definition) is 1. The van der Waals surface area contributed by atoms with Crippen molar-refractivity contribution < 1.29 is 4.74 Å². The maximum Gasteiger partial charge on any atom is 0.123 e. The fourth-order valence-corrected chi connectivity index (χ4v) is 2.47. The molecule has 1 saturated carbocycles. The molecule has 1 aromatic carbocycles. The highest BCUT2D eigenvalue weighted by molar-refractivity contribution is 6.31. The SMILES string of the molecule is COc1cccc(Cl)c1C1CC1CCl. The van der Waals surface area contributed by atoms with Gasteiger partial charge in [0.1, 0.15) is 5.75 Å². The Morgan fingerprint density at radius 3 is 2.86 bits per heavy atom. The average Bonchev–Trinajstić information content (AvgIpc) is 2.96. The average molecular weight is 231 g/mol. The molecule has 0 heterocycles. The molecule has 0 N–H and O–H groups in total. The summed E-state index contributed by atoms with van der Waals surface area (Å²) in [5.74, 6) is 2.66. The molecule has 0 radical (unpaired) electrons. The summed E-state index contributed by atoms with van der Waals surface area (Å²) in [5.41, 5.74) is 1.13. The van der Waals surface area contributed by atoms with Gasteiger partial charge in [-0.25, -0.2) is 0 Å². The Balaban J connectivity index is 2.32. The van der Waals surface area contributed by atoms with Gasteiger partial charge in [0.25, 0.3) is 0 Å². The van der Waals surface area contributed by atoms with Crippen molar-refractivity contribution in [1.29, 1.82) is 0 Å². The molecule has 76 valence electrons. The summed E-state index contributed by atoms with van der Waals surface area (Å²) in [6, 6.07) is 5.76. The molecule has 1 fully saturated rings. The highest BCUT2D eigenvalue weighted by Gasteiger charge is 2.40. The molecule has 0 amide bonds. The Morgan fingerprint density at radius 2 is 2.29 bits per heavy atom. The van der Waals surface area contributed by atoms with E-state index >= 15 is 0 Å². The van der Waals surface area contributed by atoms with Gasteiger partial charge in [-0.1, -0.05) is 17.7 Å². The van der Waals surface area contributed by atoms with Gasteiger partial charge in [0.15, 0.2) is 0 Å². The Kier molecular flexibility index (Phi) is 2.89.